The first-order chi connectivity index (χ1) is 6.72. The topological polar surface area (TPSA) is 35.7 Å². The van der Waals surface area contributed by atoms with Crippen LogP contribution in [0.15, 0.2) is 0 Å². The van der Waals surface area contributed by atoms with Gasteiger partial charge in [-0.05, 0) is 14.1 Å². The number of hydrogen-bond donors (Lipinski definition) is 1. The van der Waals surface area contributed by atoms with Crippen LogP contribution in [0.4, 0.5) is 0 Å². The van der Waals surface area contributed by atoms with Crippen molar-refractivity contribution >= 4 is 0 Å². The van der Waals surface area contributed by atoms with Crippen molar-refractivity contribution in [3.05, 3.63) is 0 Å². The first kappa shape index (κ1) is 11.9. The SMILES string of the molecule is CN(CCN)CCN1CCN(C)CC1. The van der Waals surface area contributed by atoms with Crippen LogP contribution in [0.2, 0.25) is 0 Å². The molecule has 84 valence electrons. The second-order valence-corrected chi connectivity index (χ2v) is 4.24. The van der Waals surface area contributed by atoms with Gasteiger partial charge in [-0.2, -0.15) is 0 Å². The van der Waals surface area contributed by atoms with Gasteiger partial charge in [0.25, 0.3) is 0 Å². The quantitative estimate of drug-likeness (QED) is 0.625. The summed E-state index contributed by atoms with van der Waals surface area (Å²) in [4.78, 5) is 7.23. The summed E-state index contributed by atoms with van der Waals surface area (Å²) >= 11 is 0. The standard InChI is InChI=1S/C10H24N4/c1-12(4-3-11)5-8-14-9-6-13(2)7-10-14/h3-11H2,1-2H3. The van der Waals surface area contributed by atoms with Crippen molar-refractivity contribution in [1.29, 1.82) is 0 Å². The van der Waals surface area contributed by atoms with Crippen molar-refractivity contribution in [3.8, 4) is 0 Å². The van der Waals surface area contributed by atoms with Crippen LogP contribution in [0.25, 0.3) is 0 Å². The molecule has 0 spiro atoms. The van der Waals surface area contributed by atoms with Crippen molar-refractivity contribution in [1.82, 2.24) is 14.7 Å². The van der Waals surface area contributed by atoms with Crippen molar-refractivity contribution in [2.24, 2.45) is 5.73 Å². The number of nitrogens with two attached hydrogens (primary N) is 1. The smallest absolute Gasteiger partial charge is 0.0110 e. The van der Waals surface area contributed by atoms with Gasteiger partial charge < -0.3 is 15.5 Å². The van der Waals surface area contributed by atoms with Crippen LogP contribution in [0.5, 0.6) is 0 Å². The number of piperazine rings is 1. The Morgan fingerprint density at radius 1 is 1.14 bits per heavy atom. The van der Waals surface area contributed by atoms with E-state index in [1.807, 2.05) is 0 Å². The van der Waals surface area contributed by atoms with Gasteiger partial charge in [-0.1, -0.05) is 0 Å². The van der Waals surface area contributed by atoms with E-state index in [4.69, 9.17) is 5.73 Å². The van der Waals surface area contributed by atoms with Gasteiger partial charge in [0, 0.05) is 52.4 Å². The fourth-order valence-electron chi connectivity index (χ4n) is 1.72. The van der Waals surface area contributed by atoms with Crippen LogP contribution in [0, 0.1) is 0 Å². The van der Waals surface area contributed by atoms with E-state index in [1.54, 1.807) is 0 Å². The largest absolute Gasteiger partial charge is 0.329 e. The average Bonchev–Trinajstić information content (AvgIpc) is 2.17. The molecule has 0 aliphatic carbocycles. The zero-order valence-corrected chi connectivity index (χ0v) is 9.58. The molecule has 0 aromatic carbocycles. The normalized spacial score (nSPS) is 20.6. The van der Waals surface area contributed by atoms with Gasteiger partial charge in [-0.25, -0.2) is 0 Å². The van der Waals surface area contributed by atoms with Crippen molar-refractivity contribution in [3.63, 3.8) is 0 Å². The lowest BCUT2D eigenvalue weighted by atomic mass is 10.3. The highest BCUT2D eigenvalue weighted by Crippen LogP contribution is 1.98. The molecule has 0 saturated carbocycles. The van der Waals surface area contributed by atoms with E-state index in [2.05, 4.69) is 28.8 Å². The van der Waals surface area contributed by atoms with Gasteiger partial charge in [0.05, 0.1) is 0 Å². The van der Waals surface area contributed by atoms with E-state index in [-0.39, 0.29) is 0 Å². The van der Waals surface area contributed by atoms with Gasteiger partial charge in [0.1, 0.15) is 0 Å². The Bertz CT molecular complexity index is 143. The highest BCUT2D eigenvalue weighted by molar-refractivity contribution is 4.70. The second kappa shape index (κ2) is 6.35. The Morgan fingerprint density at radius 3 is 2.36 bits per heavy atom. The Morgan fingerprint density at radius 2 is 1.79 bits per heavy atom. The molecule has 2 N–H and O–H groups in total. The second-order valence-electron chi connectivity index (χ2n) is 4.24. The molecule has 0 bridgehead atoms. The predicted octanol–water partition coefficient (Wildman–Crippen LogP) is -0.876. The monoisotopic (exact) mass is 200 g/mol. The molecule has 1 aliphatic rings. The van der Waals surface area contributed by atoms with Crippen LogP contribution in [0.3, 0.4) is 0 Å². The fraction of sp³-hybridized carbons (Fsp3) is 1.00. The molecule has 4 nitrogen and oxygen atoms in total. The summed E-state index contributed by atoms with van der Waals surface area (Å²) in [7, 11) is 4.33. The summed E-state index contributed by atoms with van der Waals surface area (Å²) in [6.07, 6.45) is 0. The first-order valence-electron chi connectivity index (χ1n) is 5.52. The van der Waals surface area contributed by atoms with Crippen LogP contribution < -0.4 is 5.73 Å². The summed E-state index contributed by atoms with van der Waals surface area (Å²) in [6, 6.07) is 0. The van der Waals surface area contributed by atoms with Gasteiger partial charge in [0.2, 0.25) is 0 Å². The average molecular weight is 200 g/mol. The summed E-state index contributed by atoms with van der Waals surface area (Å²) in [5, 5.41) is 0. The highest BCUT2D eigenvalue weighted by Gasteiger charge is 2.13. The molecule has 1 saturated heterocycles. The van der Waals surface area contributed by atoms with Crippen LogP contribution >= 0.6 is 0 Å². The molecule has 14 heavy (non-hydrogen) atoms. The highest BCUT2D eigenvalue weighted by atomic mass is 15.3. The lowest BCUT2D eigenvalue weighted by Crippen LogP contribution is -2.46. The first-order valence-corrected chi connectivity index (χ1v) is 5.52. The zero-order valence-electron chi connectivity index (χ0n) is 9.58. The van der Waals surface area contributed by atoms with E-state index < -0.39 is 0 Å². The Balaban J connectivity index is 2.06. The zero-order chi connectivity index (χ0) is 10.4. The maximum Gasteiger partial charge on any atom is 0.0110 e. The maximum absolute atomic E-state index is 5.49. The molecule has 4 heteroatoms. The fourth-order valence-corrected chi connectivity index (χ4v) is 1.72. The molecule has 1 rings (SSSR count). The molecular weight excluding hydrogens is 176 g/mol. The molecule has 1 fully saturated rings. The molecule has 0 amide bonds. The number of likely N-dealkylation sites (N-methyl/N-ethyl adjacent to an activating group) is 2. The molecule has 0 radical (unpaired) electrons. The van der Waals surface area contributed by atoms with Crippen molar-refractivity contribution in [2.75, 3.05) is 66.5 Å². The minimum atomic E-state index is 0.763. The van der Waals surface area contributed by atoms with E-state index in [9.17, 15) is 0 Å². The molecule has 0 unspecified atom stereocenters. The van der Waals surface area contributed by atoms with Gasteiger partial charge in [0.15, 0.2) is 0 Å². The summed E-state index contributed by atoms with van der Waals surface area (Å²) in [6.45, 7) is 8.94. The number of rotatable bonds is 5. The third kappa shape index (κ3) is 4.37. The maximum atomic E-state index is 5.49. The van der Waals surface area contributed by atoms with Gasteiger partial charge >= 0.3 is 0 Å². The van der Waals surface area contributed by atoms with Crippen molar-refractivity contribution in [2.45, 2.75) is 0 Å². The third-order valence-electron chi connectivity index (χ3n) is 2.90. The molecule has 0 aromatic rings. The predicted molar refractivity (Wildman–Crippen MR) is 60.5 cm³/mol. The molecule has 1 heterocycles. The molecule has 0 atom stereocenters. The van der Waals surface area contributed by atoms with E-state index in [0.717, 1.165) is 19.6 Å². The summed E-state index contributed by atoms with van der Waals surface area (Å²) in [5.74, 6) is 0. The van der Waals surface area contributed by atoms with E-state index in [0.29, 0.717) is 0 Å². The Labute approximate surface area is 87.6 Å². The van der Waals surface area contributed by atoms with Crippen molar-refractivity contribution < 1.29 is 0 Å². The minimum absolute atomic E-state index is 0.763. The lowest BCUT2D eigenvalue weighted by molar-refractivity contribution is 0.141. The number of nitrogens with zero attached hydrogens (tertiary/aromatic N) is 3. The molecular formula is C10H24N4. The van der Waals surface area contributed by atoms with Gasteiger partial charge in [-0.15, -0.1) is 0 Å². The molecule has 0 aromatic heterocycles. The van der Waals surface area contributed by atoms with Gasteiger partial charge in [-0.3, -0.25) is 4.90 Å². The Hall–Kier alpha value is -0.160. The van der Waals surface area contributed by atoms with E-state index in [1.165, 1.54) is 32.7 Å². The number of hydrogen-bond acceptors (Lipinski definition) is 4. The van der Waals surface area contributed by atoms with Crippen LogP contribution in [-0.2, 0) is 0 Å². The lowest BCUT2D eigenvalue weighted by Gasteiger charge is -2.33. The third-order valence-corrected chi connectivity index (χ3v) is 2.90. The summed E-state index contributed by atoms with van der Waals surface area (Å²) < 4.78 is 0. The van der Waals surface area contributed by atoms with Crippen LogP contribution in [-0.4, -0.2) is 81.2 Å². The van der Waals surface area contributed by atoms with Crippen LogP contribution in [0.1, 0.15) is 0 Å². The van der Waals surface area contributed by atoms with E-state index >= 15 is 0 Å². The Kier molecular flexibility index (Phi) is 5.40. The summed E-state index contributed by atoms with van der Waals surface area (Å²) in [5.41, 5.74) is 5.49. The minimum Gasteiger partial charge on any atom is -0.329 e. The molecule has 1 aliphatic heterocycles.